The SMILES string of the molecule is COc1ccccc1N1CCN(/N=C/c2ccc(Br)cc2)CC1. The zero-order chi connectivity index (χ0) is 16.1. The second-order valence-corrected chi connectivity index (χ2v) is 6.32. The normalized spacial score (nSPS) is 15.2. The van der Waals surface area contributed by atoms with Gasteiger partial charge < -0.3 is 9.64 Å². The number of benzene rings is 2. The van der Waals surface area contributed by atoms with Gasteiger partial charge in [-0.3, -0.25) is 5.01 Å². The number of rotatable bonds is 4. The standard InChI is InChI=1S/C18H20BrN3O/c1-23-18-5-3-2-4-17(18)21-10-12-22(13-11-21)20-14-15-6-8-16(19)9-7-15/h2-9,14H,10-13H2,1H3/b20-14+. The Hall–Kier alpha value is -2.01. The average Bonchev–Trinajstić information content (AvgIpc) is 2.62. The van der Waals surface area contributed by atoms with Crippen molar-refractivity contribution in [2.24, 2.45) is 5.10 Å². The van der Waals surface area contributed by atoms with E-state index in [1.54, 1.807) is 7.11 Å². The van der Waals surface area contributed by atoms with Gasteiger partial charge in [-0.2, -0.15) is 5.10 Å². The predicted molar refractivity (Wildman–Crippen MR) is 98.5 cm³/mol. The van der Waals surface area contributed by atoms with E-state index in [0.717, 1.165) is 47.7 Å². The summed E-state index contributed by atoms with van der Waals surface area (Å²) in [6, 6.07) is 16.3. The summed E-state index contributed by atoms with van der Waals surface area (Å²) in [6.07, 6.45) is 1.92. The van der Waals surface area contributed by atoms with Gasteiger partial charge in [0.1, 0.15) is 5.75 Å². The summed E-state index contributed by atoms with van der Waals surface area (Å²) >= 11 is 3.44. The summed E-state index contributed by atoms with van der Waals surface area (Å²) in [6.45, 7) is 3.70. The third-order valence-electron chi connectivity index (χ3n) is 3.92. The third-order valence-corrected chi connectivity index (χ3v) is 4.45. The maximum atomic E-state index is 5.45. The van der Waals surface area contributed by atoms with E-state index in [1.165, 1.54) is 0 Å². The molecule has 0 radical (unpaired) electrons. The van der Waals surface area contributed by atoms with Crippen LogP contribution in [0.5, 0.6) is 5.75 Å². The topological polar surface area (TPSA) is 28.1 Å². The first-order valence-electron chi connectivity index (χ1n) is 7.69. The van der Waals surface area contributed by atoms with Gasteiger partial charge in [-0.05, 0) is 29.8 Å². The summed E-state index contributed by atoms with van der Waals surface area (Å²) in [5.41, 5.74) is 2.27. The van der Waals surface area contributed by atoms with Crippen LogP contribution in [0.1, 0.15) is 5.56 Å². The van der Waals surface area contributed by atoms with Gasteiger partial charge in [0.2, 0.25) is 0 Å². The van der Waals surface area contributed by atoms with E-state index in [1.807, 2.05) is 30.5 Å². The summed E-state index contributed by atoms with van der Waals surface area (Å²) in [7, 11) is 1.72. The molecule has 1 aliphatic heterocycles. The molecule has 4 nitrogen and oxygen atoms in total. The number of hydrogen-bond donors (Lipinski definition) is 0. The number of hydrogen-bond acceptors (Lipinski definition) is 4. The van der Waals surface area contributed by atoms with Gasteiger partial charge in [0.05, 0.1) is 32.1 Å². The lowest BCUT2D eigenvalue weighted by Crippen LogP contribution is -2.44. The highest BCUT2D eigenvalue weighted by atomic mass is 79.9. The Morgan fingerprint density at radius 3 is 2.39 bits per heavy atom. The average molecular weight is 374 g/mol. The molecule has 0 atom stereocenters. The van der Waals surface area contributed by atoms with Crippen LogP contribution in [0.2, 0.25) is 0 Å². The van der Waals surface area contributed by atoms with E-state index < -0.39 is 0 Å². The molecule has 3 rings (SSSR count). The van der Waals surface area contributed by atoms with Crippen LogP contribution in [0, 0.1) is 0 Å². The zero-order valence-electron chi connectivity index (χ0n) is 13.2. The smallest absolute Gasteiger partial charge is 0.142 e. The van der Waals surface area contributed by atoms with Crippen LogP contribution in [0.4, 0.5) is 5.69 Å². The molecule has 120 valence electrons. The third kappa shape index (κ3) is 4.05. The van der Waals surface area contributed by atoms with Gasteiger partial charge in [-0.15, -0.1) is 0 Å². The molecule has 0 N–H and O–H groups in total. The van der Waals surface area contributed by atoms with Crippen molar-refractivity contribution >= 4 is 27.8 Å². The molecule has 0 spiro atoms. The van der Waals surface area contributed by atoms with E-state index >= 15 is 0 Å². The quantitative estimate of drug-likeness (QED) is 0.766. The lowest BCUT2D eigenvalue weighted by atomic mass is 10.2. The molecule has 1 aliphatic rings. The molecular weight excluding hydrogens is 354 g/mol. The maximum Gasteiger partial charge on any atom is 0.142 e. The lowest BCUT2D eigenvalue weighted by Gasteiger charge is -2.35. The Bertz CT molecular complexity index is 664. The van der Waals surface area contributed by atoms with Crippen molar-refractivity contribution in [1.82, 2.24) is 5.01 Å². The van der Waals surface area contributed by atoms with Crippen LogP contribution in [-0.2, 0) is 0 Å². The Kier molecular flexibility index (Phi) is 5.18. The van der Waals surface area contributed by atoms with Crippen molar-refractivity contribution < 1.29 is 4.74 Å². The summed E-state index contributed by atoms with van der Waals surface area (Å²) in [5, 5.41) is 6.71. The van der Waals surface area contributed by atoms with Crippen LogP contribution in [-0.4, -0.2) is 44.5 Å². The Morgan fingerprint density at radius 2 is 1.70 bits per heavy atom. The fraction of sp³-hybridized carbons (Fsp3) is 0.278. The number of piperazine rings is 1. The van der Waals surface area contributed by atoms with Crippen LogP contribution in [0.25, 0.3) is 0 Å². The molecule has 0 bridgehead atoms. The number of methoxy groups -OCH3 is 1. The molecule has 0 aromatic heterocycles. The Balaban J connectivity index is 1.59. The highest BCUT2D eigenvalue weighted by molar-refractivity contribution is 9.10. The Labute approximate surface area is 145 Å². The van der Waals surface area contributed by atoms with Gasteiger partial charge in [0.15, 0.2) is 0 Å². The fourth-order valence-electron chi connectivity index (χ4n) is 2.64. The largest absolute Gasteiger partial charge is 0.495 e. The number of ether oxygens (including phenoxy) is 1. The van der Waals surface area contributed by atoms with Gasteiger partial charge in [-0.1, -0.05) is 40.2 Å². The second kappa shape index (κ2) is 7.51. The predicted octanol–water partition coefficient (Wildman–Crippen LogP) is 3.61. The van der Waals surface area contributed by atoms with Crippen molar-refractivity contribution in [2.45, 2.75) is 0 Å². The molecular formula is C18H20BrN3O. The number of anilines is 1. The first kappa shape index (κ1) is 15.9. The van der Waals surface area contributed by atoms with Gasteiger partial charge >= 0.3 is 0 Å². The summed E-state index contributed by atoms with van der Waals surface area (Å²) in [5.74, 6) is 0.930. The second-order valence-electron chi connectivity index (χ2n) is 5.41. The first-order valence-corrected chi connectivity index (χ1v) is 8.48. The molecule has 0 unspecified atom stereocenters. The van der Waals surface area contributed by atoms with E-state index in [9.17, 15) is 0 Å². The number of nitrogens with zero attached hydrogens (tertiary/aromatic N) is 3. The minimum absolute atomic E-state index is 0.908. The highest BCUT2D eigenvalue weighted by Gasteiger charge is 2.18. The molecule has 23 heavy (non-hydrogen) atoms. The van der Waals surface area contributed by atoms with Crippen LogP contribution < -0.4 is 9.64 Å². The zero-order valence-corrected chi connectivity index (χ0v) is 14.7. The monoisotopic (exact) mass is 373 g/mol. The van der Waals surface area contributed by atoms with Crippen molar-refractivity contribution in [3.63, 3.8) is 0 Å². The summed E-state index contributed by atoms with van der Waals surface area (Å²) < 4.78 is 6.54. The van der Waals surface area contributed by atoms with Crippen molar-refractivity contribution in [2.75, 3.05) is 38.2 Å². The molecule has 0 saturated carbocycles. The van der Waals surface area contributed by atoms with E-state index in [-0.39, 0.29) is 0 Å². The maximum absolute atomic E-state index is 5.45. The number of halogens is 1. The molecule has 1 fully saturated rings. The highest BCUT2D eigenvalue weighted by Crippen LogP contribution is 2.28. The molecule has 2 aromatic carbocycles. The lowest BCUT2D eigenvalue weighted by molar-refractivity contribution is 0.271. The van der Waals surface area contributed by atoms with Crippen LogP contribution >= 0.6 is 15.9 Å². The van der Waals surface area contributed by atoms with Gasteiger partial charge in [0, 0.05) is 17.6 Å². The van der Waals surface area contributed by atoms with Crippen molar-refractivity contribution in [3.05, 3.63) is 58.6 Å². The van der Waals surface area contributed by atoms with Crippen LogP contribution in [0.3, 0.4) is 0 Å². The van der Waals surface area contributed by atoms with Crippen molar-refractivity contribution in [3.8, 4) is 5.75 Å². The van der Waals surface area contributed by atoms with E-state index in [0.29, 0.717) is 0 Å². The minimum Gasteiger partial charge on any atom is -0.495 e. The number of hydrazone groups is 1. The molecule has 0 amide bonds. The van der Waals surface area contributed by atoms with E-state index in [2.05, 4.69) is 55.2 Å². The number of para-hydroxylation sites is 2. The Morgan fingerprint density at radius 1 is 1.00 bits per heavy atom. The molecule has 5 heteroatoms. The first-order chi connectivity index (χ1) is 11.3. The molecule has 2 aromatic rings. The van der Waals surface area contributed by atoms with Crippen LogP contribution in [0.15, 0.2) is 58.1 Å². The van der Waals surface area contributed by atoms with E-state index in [4.69, 9.17) is 4.74 Å². The molecule has 0 aliphatic carbocycles. The van der Waals surface area contributed by atoms with Gasteiger partial charge in [0.25, 0.3) is 0 Å². The van der Waals surface area contributed by atoms with Crippen molar-refractivity contribution in [1.29, 1.82) is 0 Å². The molecule has 1 saturated heterocycles. The summed E-state index contributed by atoms with van der Waals surface area (Å²) in [4.78, 5) is 2.35. The van der Waals surface area contributed by atoms with Gasteiger partial charge in [-0.25, -0.2) is 0 Å². The minimum atomic E-state index is 0.908. The molecule has 1 heterocycles. The fourth-order valence-corrected chi connectivity index (χ4v) is 2.90.